The lowest BCUT2D eigenvalue weighted by atomic mass is 10.1. The van der Waals surface area contributed by atoms with Gasteiger partial charge in [-0.3, -0.25) is 4.79 Å². The minimum absolute atomic E-state index is 0.261. The first kappa shape index (κ1) is 19.4. The van der Waals surface area contributed by atoms with E-state index in [4.69, 9.17) is 9.47 Å². The van der Waals surface area contributed by atoms with E-state index in [1.807, 2.05) is 6.92 Å². The number of ether oxygens (including phenoxy) is 2. The molecule has 0 saturated heterocycles. The van der Waals surface area contributed by atoms with Crippen molar-refractivity contribution in [2.24, 2.45) is 0 Å². The van der Waals surface area contributed by atoms with E-state index in [1.54, 1.807) is 6.92 Å². The standard InChI is InChI=1S/C17H19N3O5S2/c1-3-10-14(27-20-19-10)17(23)25-8-12(21)18-15-13(16(22)24-4-2)9-6-5-7-11(9)26-15/h3-8H2,1-2H3,(H,18,21). The molecule has 2 heterocycles. The van der Waals surface area contributed by atoms with Crippen molar-refractivity contribution in [3.63, 3.8) is 0 Å². The van der Waals surface area contributed by atoms with Gasteiger partial charge < -0.3 is 14.8 Å². The van der Waals surface area contributed by atoms with Gasteiger partial charge in [-0.1, -0.05) is 11.4 Å². The highest BCUT2D eigenvalue weighted by Gasteiger charge is 2.28. The molecule has 0 radical (unpaired) electrons. The molecule has 144 valence electrons. The molecule has 0 atom stereocenters. The number of aryl methyl sites for hydroxylation is 2. The van der Waals surface area contributed by atoms with Crippen LogP contribution in [0.4, 0.5) is 5.00 Å². The summed E-state index contributed by atoms with van der Waals surface area (Å²) < 4.78 is 13.9. The van der Waals surface area contributed by atoms with Crippen LogP contribution in [0.15, 0.2) is 0 Å². The van der Waals surface area contributed by atoms with Crippen LogP contribution in [0.3, 0.4) is 0 Å². The average molecular weight is 409 g/mol. The molecule has 10 heteroatoms. The van der Waals surface area contributed by atoms with Crippen molar-refractivity contribution < 1.29 is 23.9 Å². The van der Waals surface area contributed by atoms with Crippen LogP contribution in [-0.4, -0.2) is 40.6 Å². The highest BCUT2D eigenvalue weighted by atomic mass is 32.1. The molecule has 2 aromatic rings. The largest absolute Gasteiger partial charge is 0.462 e. The number of thiophene rings is 1. The summed E-state index contributed by atoms with van der Waals surface area (Å²) >= 11 is 2.32. The number of aromatic nitrogens is 2. The first-order valence-electron chi connectivity index (χ1n) is 8.64. The smallest absolute Gasteiger partial charge is 0.352 e. The zero-order valence-corrected chi connectivity index (χ0v) is 16.6. The monoisotopic (exact) mass is 409 g/mol. The van der Waals surface area contributed by atoms with Gasteiger partial charge in [0.2, 0.25) is 0 Å². The fourth-order valence-corrected chi connectivity index (χ4v) is 4.80. The third-order valence-electron chi connectivity index (χ3n) is 4.06. The number of nitrogens with zero attached hydrogens (tertiary/aromatic N) is 2. The normalized spacial score (nSPS) is 12.5. The molecule has 0 fully saturated rings. The summed E-state index contributed by atoms with van der Waals surface area (Å²) in [4.78, 5) is 38.0. The van der Waals surface area contributed by atoms with Crippen molar-refractivity contribution in [2.45, 2.75) is 39.5 Å². The summed E-state index contributed by atoms with van der Waals surface area (Å²) in [5.74, 6) is -1.58. The lowest BCUT2D eigenvalue weighted by Gasteiger charge is -2.08. The molecule has 0 aromatic carbocycles. The van der Waals surface area contributed by atoms with Gasteiger partial charge in [-0.25, -0.2) is 9.59 Å². The topological polar surface area (TPSA) is 107 Å². The minimum atomic E-state index is -0.628. The van der Waals surface area contributed by atoms with Crippen LogP contribution in [0.2, 0.25) is 0 Å². The van der Waals surface area contributed by atoms with Crippen LogP contribution in [0.25, 0.3) is 0 Å². The van der Waals surface area contributed by atoms with Crippen LogP contribution in [0, 0.1) is 0 Å². The Bertz CT molecular complexity index is 874. The number of carbonyl (C=O) groups excluding carboxylic acids is 3. The quantitative estimate of drug-likeness (QED) is 0.700. The number of amides is 1. The van der Waals surface area contributed by atoms with Crippen molar-refractivity contribution in [2.75, 3.05) is 18.5 Å². The van der Waals surface area contributed by atoms with Gasteiger partial charge in [0.05, 0.1) is 17.9 Å². The number of anilines is 1. The van der Waals surface area contributed by atoms with E-state index in [0.29, 0.717) is 27.6 Å². The summed E-state index contributed by atoms with van der Waals surface area (Å²) in [6, 6.07) is 0. The van der Waals surface area contributed by atoms with E-state index in [0.717, 1.165) is 41.2 Å². The second-order valence-corrected chi connectivity index (χ2v) is 7.67. The fourth-order valence-electron chi connectivity index (χ4n) is 2.87. The molecular formula is C17H19N3O5S2. The average Bonchev–Trinajstić information content (AvgIpc) is 3.34. The van der Waals surface area contributed by atoms with Crippen molar-refractivity contribution in [1.29, 1.82) is 0 Å². The first-order chi connectivity index (χ1) is 13.0. The van der Waals surface area contributed by atoms with Gasteiger partial charge in [0.1, 0.15) is 5.00 Å². The molecule has 8 nitrogen and oxygen atoms in total. The molecule has 0 spiro atoms. The van der Waals surface area contributed by atoms with Gasteiger partial charge in [-0.2, -0.15) is 0 Å². The van der Waals surface area contributed by atoms with Crippen molar-refractivity contribution in [3.8, 4) is 0 Å². The highest BCUT2D eigenvalue weighted by molar-refractivity contribution is 7.17. The molecule has 0 saturated carbocycles. The van der Waals surface area contributed by atoms with E-state index in [-0.39, 0.29) is 6.61 Å². The Morgan fingerprint density at radius 2 is 1.96 bits per heavy atom. The van der Waals surface area contributed by atoms with Crippen LogP contribution in [0.1, 0.15) is 56.4 Å². The Kier molecular flexibility index (Phi) is 6.17. The number of carbonyl (C=O) groups is 3. The SMILES string of the molecule is CCOC(=O)c1c(NC(=O)COC(=O)c2snnc2CC)sc2c1CCC2. The zero-order chi connectivity index (χ0) is 19.4. The van der Waals surface area contributed by atoms with Gasteiger partial charge in [0.15, 0.2) is 11.5 Å². The van der Waals surface area contributed by atoms with E-state index in [1.165, 1.54) is 11.3 Å². The van der Waals surface area contributed by atoms with Crippen LogP contribution >= 0.6 is 22.9 Å². The lowest BCUT2D eigenvalue weighted by molar-refractivity contribution is -0.119. The van der Waals surface area contributed by atoms with Crippen LogP contribution in [0.5, 0.6) is 0 Å². The minimum Gasteiger partial charge on any atom is -0.462 e. The third kappa shape index (κ3) is 4.16. The molecule has 3 rings (SSSR count). The Hall–Kier alpha value is -2.33. The number of fused-ring (bicyclic) bond motifs is 1. The molecule has 0 bridgehead atoms. The number of rotatable bonds is 7. The molecule has 1 amide bonds. The van der Waals surface area contributed by atoms with E-state index < -0.39 is 24.5 Å². The first-order valence-corrected chi connectivity index (χ1v) is 10.2. The predicted octanol–water partition coefficient (Wildman–Crippen LogP) is 2.62. The summed E-state index contributed by atoms with van der Waals surface area (Å²) in [7, 11) is 0. The Labute approximate surface area is 164 Å². The molecule has 27 heavy (non-hydrogen) atoms. The second kappa shape index (κ2) is 8.57. The maximum absolute atomic E-state index is 12.3. The molecule has 1 aliphatic carbocycles. The van der Waals surface area contributed by atoms with E-state index in [9.17, 15) is 14.4 Å². The molecule has 0 unspecified atom stereocenters. The molecule has 1 aliphatic rings. The fraction of sp³-hybridized carbons (Fsp3) is 0.471. The van der Waals surface area contributed by atoms with E-state index in [2.05, 4.69) is 14.9 Å². The van der Waals surface area contributed by atoms with Gasteiger partial charge >= 0.3 is 11.9 Å². The number of hydrogen-bond donors (Lipinski definition) is 1. The van der Waals surface area contributed by atoms with Crippen LogP contribution < -0.4 is 5.32 Å². The van der Waals surface area contributed by atoms with Crippen molar-refractivity contribution in [3.05, 3.63) is 26.6 Å². The molecule has 2 aromatic heterocycles. The number of esters is 2. The van der Waals surface area contributed by atoms with Gasteiger partial charge in [-0.05, 0) is 49.7 Å². The van der Waals surface area contributed by atoms with Gasteiger partial charge in [0.25, 0.3) is 5.91 Å². The molecular weight excluding hydrogens is 390 g/mol. The van der Waals surface area contributed by atoms with Gasteiger partial charge in [-0.15, -0.1) is 16.4 Å². The van der Waals surface area contributed by atoms with Crippen molar-refractivity contribution in [1.82, 2.24) is 9.59 Å². The predicted molar refractivity (Wildman–Crippen MR) is 100 cm³/mol. The summed E-state index contributed by atoms with van der Waals surface area (Å²) in [5, 5.41) is 6.98. The maximum Gasteiger partial charge on any atom is 0.352 e. The summed E-state index contributed by atoms with van der Waals surface area (Å²) in [6.07, 6.45) is 3.22. The Morgan fingerprint density at radius 3 is 2.70 bits per heavy atom. The Balaban J connectivity index is 1.66. The van der Waals surface area contributed by atoms with Crippen LogP contribution in [-0.2, 0) is 33.5 Å². The third-order valence-corrected chi connectivity index (χ3v) is 6.02. The summed E-state index contributed by atoms with van der Waals surface area (Å²) in [5.41, 5.74) is 1.92. The molecule has 1 N–H and O–H groups in total. The van der Waals surface area contributed by atoms with Crippen molar-refractivity contribution >= 4 is 45.7 Å². The second-order valence-electron chi connectivity index (χ2n) is 5.81. The molecule has 0 aliphatic heterocycles. The number of hydrogen-bond acceptors (Lipinski definition) is 9. The lowest BCUT2D eigenvalue weighted by Crippen LogP contribution is -2.22. The summed E-state index contributed by atoms with van der Waals surface area (Å²) in [6.45, 7) is 3.40. The maximum atomic E-state index is 12.3. The zero-order valence-electron chi connectivity index (χ0n) is 15.0. The highest BCUT2D eigenvalue weighted by Crippen LogP contribution is 2.39. The number of nitrogens with one attached hydrogen (secondary N) is 1. The van der Waals surface area contributed by atoms with E-state index >= 15 is 0 Å². The Morgan fingerprint density at radius 1 is 1.15 bits per heavy atom. The van der Waals surface area contributed by atoms with Gasteiger partial charge in [0, 0.05) is 4.88 Å².